The van der Waals surface area contributed by atoms with Crippen molar-refractivity contribution in [1.82, 2.24) is 5.32 Å². The molecule has 1 unspecified atom stereocenters. The number of ether oxygens (including phenoxy) is 1. The lowest BCUT2D eigenvalue weighted by Gasteiger charge is -2.03. The molecule has 11 heavy (non-hydrogen) atoms. The highest BCUT2D eigenvalue weighted by Gasteiger charge is 2.18. The molecule has 1 fully saturated rings. The molecule has 62 valence electrons. The summed E-state index contributed by atoms with van der Waals surface area (Å²) in [7, 11) is 0. The lowest BCUT2D eigenvalue weighted by atomic mass is 10.3. The molecule has 0 radical (unpaired) electrons. The Balaban J connectivity index is 2.18. The highest BCUT2D eigenvalue weighted by atomic mass is 16.6. The molecule has 0 bridgehead atoms. The standard InChI is InChI=1S/C8H13NO2/c1-6(2)9-8(10)4-3-7-5-11-7/h3-4,6-7H,5H2,1-2H3,(H,9,10). The fourth-order valence-electron chi connectivity index (χ4n) is 0.694. The van der Waals surface area contributed by atoms with Crippen LogP contribution in [0.4, 0.5) is 0 Å². The van der Waals surface area contributed by atoms with E-state index in [1.165, 1.54) is 6.08 Å². The van der Waals surface area contributed by atoms with Crippen LogP contribution >= 0.6 is 0 Å². The Bertz CT molecular complexity index is 171. The molecule has 1 N–H and O–H groups in total. The molecule has 1 atom stereocenters. The van der Waals surface area contributed by atoms with E-state index in [1.807, 2.05) is 13.8 Å². The fraction of sp³-hybridized carbons (Fsp3) is 0.625. The number of carbonyl (C=O) groups excluding carboxylic acids is 1. The average molecular weight is 155 g/mol. The molecule has 1 heterocycles. The summed E-state index contributed by atoms with van der Waals surface area (Å²) in [6.45, 7) is 4.62. The Kier molecular flexibility index (Phi) is 2.65. The van der Waals surface area contributed by atoms with Crippen molar-refractivity contribution in [3.63, 3.8) is 0 Å². The third kappa shape index (κ3) is 3.78. The van der Waals surface area contributed by atoms with Crippen LogP contribution in [-0.2, 0) is 9.53 Å². The molecule has 0 saturated carbocycles. The predicted octanol–water partition coefficient (Wildman–Crippen LogP) is 0.466. The van der Waals surface area contributed by atoms with Gasteiger partial charge in [-0.3, -0.25) is 4.79 Å². The van der Waals surface area contributed by atoms with Crippen molar-refractivity contribution in [3.05, 3.63) is 12.2 Å². The zero-order chi connectivity index (χ0) is 8.27. The maximum Gasteiger partial charge on any atom is 0.243 e. The van der Waals surface area contributed by atoms with E-state index in [9.17, 15) is 4.79 Å². The van der Waals surface area contributed by atoms with Gasteiger partial charge in [0.2, 0.25) is 5.91 Å². The van der Waals surface area contributed by atoms with E-state index >= 15 is 0 Å². The summed E-state index contributed by atoms with van der Waals surface area (Å²) in [6.07, 6.45) is 3.49. The van der Waals surface area contributed by atoms with Crippen LogP contribution < -0.4 is 5.32 Å². The smallest absolute Gasteiger partial charge is 0.243 e. The third-order valence-corrected chi connectivity index (χ3v) is 1.25. The Hall–Kier alpha value is -0.830. The second kappa shape index (κ2) is 3.53. The van der Waals surface area contributed by atoms with E-state index in [2.05, 4.69) is 5.32 Å². The Morgan fingerprint density at radius 3 is 2.82 bits per heavy atom. The Morgan fingerprint density at radius 2 is 2.36 bits per heavy atom. The predicted molar refractivity (Wildman–Crippen MR) is 42.2 cm³/mol. The topological polar surface area (TPSA) is 41.6 Å². The Labute approximate surface area is 66.4 Å². The van der Waals surface area contributed by atoms with E-state index in [4.69, 9.17) is 4.74 Å². The molecule has 3 nitrogen and oxygen atoms in total. The summed E-state index contributed by atoms with van der Waals surface area (Å²) in [5.74, 6) is -0.0458. The molecule has 3 heteroatoms. The number of nitrogens with one attached hydrogen (secondary N) is 1. The quantitative estimate of drug-likeness (QED) is 0.475. The van der Waals surface area contributed by atoms with Crippen molar-refractivity contribution in [2.24, 2.45) is 0 Å². The van der Waals surface area contributed by atoms with Gasteiger partial charge in [0.15, 0.2) is 0 Å². The molecule has 1 rings (SSSR count). The van der Waals surface area contributed by atoms with Crippen LogP contribution in [0.3, 0.4) is 0 Å². The third-order valence-electron chi connectivity index (χ3n) is 1.25. The van der Waals surface area contributed by atoms with Crippen molar-refractivity contribution < 1.29 is 9.53 Å². The molecule has 1 saturated heterocycles. The summed E-state index contributed by atoms with van der Waals surface area (Å²) < 4.78 is 4.90. The fourth-order valence-corrected chi connectivity index (χ4v) is 0.694. The van der Waals surface area contributed by atoms with Crippen LogP contribution in [0.5, 0.6) is 0 Å². The molecule has 0 aromatic rings. The van der Waals surface area contributed by atoms with Crippen LogP contribution in [0.25, 0.3) is 0 Å². The number of hydrogen-bond acceptors (Lipinski definition) is 2. The minimum atomic E-state index is -0.0458. The lowest BCUT2D eigenvalue weighted by molar-refractivity contribution is -0.116. The van der Waals surface area contributed by atoms with Gasteiger partial charge >= 0.3 is 0 Å². The maximum absolute atomic E-state index is 10.9. The lowest BCUT2D eigenvalue weighted by Crippen LogP contribution is -2.28. The van der Waals surface area contributed by atoms with Gasteiger partial charge in [-0.25, -0.2) is 0 Å². The molecular formula is C8H13NO2. The summed E-state index contributed by atoms with van der Waals surface area (Å²) in [6, 6.07) is 0.201. The van der Waals surface area contributed by atoms with Gasteiger partial charge in [0, 0.05) is 12.1 Å². The summed E-state index contributed by atoms with van der Waals surface area (Å²) in [5, 5.41) is 2.74. The largest absolute Gasteiger partial charge is 0.369 e. The van der Waals surface area contributed by atoms with Gasteiger partial charge < -0.3 is 10.1 Å². The summed E-state index contributed by atoms with van der Waals surface area (Å²) in [5.41, 5.74) is 0. The van der Waals surface area contributed by atoms with Gasteiger partial charge in [-0.15, -0.1) is 0 Å². The second-order valence-corrected chi connectivity index (χ2v) is 2.89. The maximum atomic E-state index is 10.9. The van der Waals surface area contributed by atoms with Crippen LogP contribution in [-0.4, -0.2) is 24.7 Å². The minimum Gasteiger partial charge on any atom is -0.369 e. The molecule has 0 aromatic carbocycles. The SMILES string of the molecule is CC(C)NC(=O)C=CC1CO1. The summed E-state index contributed by atoms with van der Waals surface area (Å²) >= 11 is 0. The number of hydrogen-bond donors (Lipinski definition) is 1. The molecule has 0 aromatic heterocycles. The first-order chi connectivity index (χ1) is 5.18. The highest BCUT2D eigenvalue weighted by molar-refractivity contribution is 5.87. The van der Waals surface area contributed by atoms with E-state index in [0.29, 0.717) is 0 Å². The van der Waals surface area contributed by atoms with Crippen LogP contribution in [0, 0.1) is 0 Å². The van der Waals surface area contributed by atoms with E-state index in [-0.39, 0.29) is 18.1 Å². The van der Waals surface area contributed by atoms with Gasteiger partial charge in [0.25, 0.3) is 0 Å². The highest BCUT2D eigenvalue weighted by Crippen LogP contribution is 2.09. The number of rotatable bonds is 3. The van der Waals surface area contributed by atoms with Crippen molar-refractivity contribution in [2.75, 3.05) is 6.61 Å². The van der Waals surface area contributed by atoms with Crippen LogP contribution in [0.15, 0.2) is 12.2 Å². The van der Waals surface area contributed by atoms with Gasteiger partial charge in [0.05, 0.1) is 12.7 Å². The van der Waals surface area contributed by atoms with Gasteiger partial charge in [0.1, 0.15) is 0 Å². The monoisotopic (exact) mass is 155 g/mol. The first-order valence-corrected chi connectivity index (χ1v) is 3.79. The normalized spacial score (nSPS) is 22.6. The second-order valence-electron chi connectivity index (χ2n) is 2.89. The number of amides is 1. The number of epoxide rings is 1. The number of carbonyl (C=O) groups is 1. The van der Waals surface area contributed by atoms with E-state index < -0.39 is 0 Å². The van der Waals surface area contributed by atoms with E-state index in [0.717, 1.165) is 6.61 Å². The zero-order valence-electron chi connectivity index (χ0n) is 6.83. The first kappa shape index (κ1) is 8.27. The van der Waals surface area contributed by atoms with Crippen molar-refractivity contribution in [2.45, 2.75) is 26.0 Å². The van der Waals surface area contributed by atoms with Crippen molar-refractivity contribution in [1.29, 1.82) is 0 Å². The van der Waals surface area contributed by atoms with Crippen molar-refractivity contribution in [3.8, 4) is 0 Å². The van der Waals surface area contributed by atoms with E-state index in [1.54, 1.807) is 6.08 Å². The van der Waals surface area contributed by atoms with Crippen LogP contribution in [0.2, 0.25) is 0 Å². The Morgan fingerprint density at radius 1 is 1.73 bits per heavy atom. The minimum absolute atomic E-state index is 0.0458. The molecule has 1 aliphatic heterocycles. The first-order valence-electron chi connectivity index (χ1n) is 3.79. The van der Waals surface area contributed by atoms with Gasteiger partial charge in [-0.05, 0) is 19.9 Å². The average Bonchev–Trinajstić information content (AvgIpc) is 2.63. The molecule has 1 aliphatic rings. The van der Waals surface area contributed by atoms with Crippen LogP contribution in [0.1, 0.15) is 13.8 Å². The summed E-state index contributed by atoms with van der Waals surface area (Å²) in [4.78, 5) is 10.9. The zero-order valence-corrected chi connectivity index (χ0v) is 6.83. The van der Waals surface area contributed by atoms with Gasteiger partial charge in [-0.2, -0.15) is 0 Å². The molecular weight excluding hydrogens is 142 g/mol. The molecule has 1 amide bonds. The van der Waals surface area contributed by atoms with Gasteiger partial charge in [-0.1, -0.05) is 0 Å². The molecule has 0 spiro atoms. The molecule has 0 aliphatic carbocycles. The van der Waals surface area contributed by atoms with Crippen molar-refractivity contribution >= 4 is 5.91 Å².